The van der Waals surface area contributed by atoms with E-state index in [1.807, 2.05) is 0 Å². The highest BCUT2D eigenvalue weighted by Crippen LogP contribution is 2.41. The lowest BCUT2D eigenvalue weighted by Gasteiger charge is -2.07. The summed E-state index contributed by atoms with van der Waals surface area (Å²) in [6.45, 7) is 0.518. The van der Waals surface area contributed by atoms with Crippen LogP contribution in [0, 0.1) is 10.1 Å². The Morgan fingerprint density at radius 1 is 1.36 bits per heavy atom. The minimum Gasteiger partial charge on any atom is -0.447 e. The molecule has 0 saturated carbocycles. The van der Waals surface area contributed by atoms with Crippen molar-refractivity contribution in [1.29, 1.82) is 0 Å². The van der Waals surface area contributed by atoms with Crippen LogP contribution in [0.4, 0.5) is 28.8 Å². The van der Waals surface area contributed by atoms with Crippen molar-refractivity contribution >= 4 is 40.0 Å². The summed E-state index contributed by atoms with van der Waals surface area (Å²) in [4.78, 5) is 22.9. The van der Waals surface area contributed by atoms with Crippen LogP contribution in [0.2, 0.25) is 0 Å². The van der Waals surface area contributed by atoms with Gasteiger partial charge in [-0.2, -0.15) is 13.2 Å². The summed E-state index contributed by atoms with van der Waals surface area (Å²) < 4.78 is 43.1. The summed E-state index contributed by atoms with van der Waals surface area (Å²) in [5.74, 6) is 0. The molecule has 2 heterocycles. The van der Waals surface area contributed by atoms with Gasteiger partial charge in [0.1, 0.15) is 6.61 Å². The van der Waals surface area contributed by atoms with E-state index in [0.29, 0.717) is 12.6 Å². The minimum atomic E-state index is -4.68. The molecule has 0 aliphatic carbocycles. The van der Waals surface area contributed by atoms with Gasteiger partial charge in [0.2, 0.25) is 5.13 Å². The number of hydrogen-bond acceptors (Lipinski definition) is 8. The predicted octanol–water partition coefficient (Wildman–Crippen LogP) is 3.57. The summed E-state index contributed by atoms with van der Waals surface area (Å²) in [6.07, 6.45) is -5.26. The highest BCUT2D eigenvalue weighted by molar-refractivity contribution is 8.01. The average molecular weight is 392 g/mol. The summed E-state index contributed by atoms with van der Waals surface area (Å²) in [7, 11) is 0. The molecule has 25 heavy (non-hydrogen) atoms. The molecule has 0 bridgehead atoms. The van der Waals surface area contributed by atoms with Gasteiger partial charge in [-0.15, -0.1) is 10.2 Å². The fourth-order valence-electron chi connectivity index (χ4n) is 1.94. The Morgan fingerprint density at radius 3 is 2.72 bits per heavy atom. The molecule has 0 radical (unpaired) electrons. The third kappa shape index (κ3) is 3.66. The number of rotatable bonds is 4. The van der Waals surface area contributed by atoms with E-state index in [-0.39, 0.29) is 21.0 Å². The van der Waals surface area contributed by atoms with Crippen molar-refractivity contribution in [1.82, 2.24) is 10.2 Å². The molecule has 3 rings (SSSR count). The Morgan fingerprint density at radius 2 is 2.12 bits per heavy atom. The fraction of sp³-hybridized carbons (Fsp3) is 0.250. The number of benzene rings is 1. The van der Waals surface area contributed by atoms with Gasteiger partial charge in [-0.25, -0.2) is 9.69 Å². The van der Waals surface area contributed by atoms with Gasteiger partial charge < -0.3 is 4.74 Å². The minimum absolute atomic E-state index is 0.00954. The first-order chi connectivity index (χ1) is 11.8. The number of nitrogens with zero attached hydrogens (tertiary/aromatic N) is 4. The first-order valence-electron chi connectivity index (χ1n) is 6.57. The lowest BCUT2D eigenvalue weighted by atomic mass is 10.2. The number of carbonyl (C=O) groups excluding carboxylic acids is 1. The molecule has 1 amide bonds. The van der Waals surface area contributed by atoms with E-state index in [1.165, 1.54) is 4.90 Å². The van der Waals surface area contributed by atoms with Crippen molar-refractivity contribution in [2.75, 3.05) is 18.1 Å². The van der Waals surface area contributed by atoms with Crippen molar-refractivity contribution in [3.05, 3.63) is 33.9 Å². The number of aromatic nitrogens is 2. The van der Waals surface area contributed by atoms with E-state index in [1.54, 1.807) is 0 Å². The summed E-state index contributed by atoms with van der Waals surface area (Å²) in [6, 6.07) is 2.24. The van der Waals surface area contributed by atoms with Gasteiger partial charge in [0.15, 0.2) is 4.34 Å². The summed E-state index contributed by atoms with van der Waals surface area (Å²) in [5, 5.41) is 18.9. The summed E-state index contributed by atoms with van der Waals surface area (Å²) >= 11 is 1.78. The Labute approximate surface area is 145 Å². The van der Waals surface area contributed by atoms with Crippen molar-refractivity contribution in [3.8, 4) is 0 Å². The SMILES string of the molecule is O=C1OCCN1c1nnc(Sc2ccc(C(F)(F)F)cc2[N+](=O)[O-])s1. The van der Waals surface area contributed by atoms with Crippen LogP contribution in [-0.4, -0.2) is 34.4 Å². The number of ether oxygens (including phenoxy) is 1. The molecule has 1 aromatic carbocycles. The molecule has 0 atom stereocenters. The third-order valence-corrected chi connectivity index (χ3v) is 5.13. The molecule has 1 fully saturated rings. The number of cyclic esters (lactones) is 1. The summed E-state index contributed by atoms with van der Waals surface area (Å²) in [5.41, 5.74) is -1.79. The molecule has 1 saturated heterocycles. The lowest BCUT2D eigenvalue weighted by Crippen LogP contribution is -2.22. The number of anilines is 1. The Balaban J connectivity index is 1.86. The van der Waals surface area contributed by atoms with Gasteiger partial charge >= 0.3 is 12.3 Å². The predicted molar refractivity (Wildman–Crippen MR) is 80.8 cm³/mol. The molecular formula is C12H7F3N4O4S2. The van der Waals surface area contributed by atoms with Gasteiger partial charge in [-0.3, -0.25) is 10.1 Å². The Bertz CT molecular complexity index is 842. The second-order valence-corrected chi connectivity index (χ2v) is 6.90. The highest BCUT2D eigenvalue weighted by Gasteiger charge is 2.33. The van der Waals surface area contributed by atoms with E-state index in [2.05, 4.69) is 10.2 Å². The maximum Gasteiger partial charge on any atom is 0.416 e. The zero-order valence-corrected chi connectivity index (χ0v) is 13.7. The topological polar surface area (TPSA) is 98.5 Å². The number of carbonyl (C=O) groups is 1. The zero-order valence-electron chi connectivity index (χ0n) is 12.0. The molecule has 132 valence electrons. The van der Waals surface area contributed by atoms with Crippen molar-refractivity contribution < 1.29 is 27.6 Å². The lowest BCUT2D eigenvalue weighted by molar-refractivity contribution is -0.388. The van der Waals surface area contributed by atoms with Gasteiger partial charge in [0.25, 0.3) is 5.69 Å². The molecule has 13 heteroatoms. The number of halogens is 3. The second kappa shape index (κ2) is 6.48. The molecule has 0 spiro atoms. The normalized spacial score (nSPS) is 14.7. The maximum atomic E-state index is 12.7. The molecule has 1 aromatic heterocycles. The van der Waals surface area contributed by atoms with E-state index in [0.717, 1.165) is 35.2 Å². The highest BCUT2D eigenvalue weighted by atomic mass is 32.2. The van der Waals surface area contributed by atoms with E-state index < -0.39 is 28.4 Å². The van der Waals surface area contributed by atoms with Crippen molar-refractivity contribution in [2.45, 2.75) is 15.4 Å². The Kier molecular flexibility index (Phi) is 4.51. The van der Waals surface area contributed by atoms with Crippen LogP contribution >= 0.6 is 23.1 Å². The monoisotopic (exact) mass is 392 g/mol. The van der Waals surface area contributed by atoms with Gasteiger partial charge in [-0.1, -0.05) is 11.3 Å². The third-order valence-electron chi connectivity index (χ3n) is 3.07. The first-order valence-corrected chi connectivity index (χ1v) is 8.20. The number of nitro benzene ring substituents is 1. The van der Waals surface area contributed by atoms with Crippen LogP contribution in [0.25, 0.3) is 0 Å². The van der Waals surface area contributed by atoms with Crippen LogP contribution in [0.3, 0.4) is 0 Å². The average Bonchev–Trinajstić information content (AvgIpc) is 3.15. The van der Waals surface area contributed by atoms with Crippen molar-refractivity contribution in [2.24, 2.45) is 0 Å². The van der Waals surface area contributed by atoms with E-state index in [9.17, 15) is 28.1 Å². The number of nitro groups is 1. The van der Waals surface area contributed by atoms with Crippen LogP contribution < -0.4 is 4.90 Å². The number of hydrogen-bond donors (Lipinski definition) is 0. The smallest absolute Gasteiger partial charge is 0.416 e. The second-order valence-electron chi connectivity index (χ2n) is 4.66. The van der Waals surface area contributed by atoms with Crippen molar-refractivity contribution in [3.63, 3.8) is 0 Å². The maximum absolute atomic E-state index is 12.7. The molecule has 8 nitrogen and oxygen atoms in total. The molecule has 1 aliphatic heterocycles. The Hall–Kier alpha value is -2.41. The van der Waals surface area contributed by atoms with E-state index in [4.69, 9.17) is 4.74 Å². The standard InChI is InChI=1S/C12H7F3N4O4S2/c13-12(14,15)6-1-2-8(7(5-6)19(21)22)24-10-17-16-9(25-10)18-3-4-23-11(18)20/h1-2,5H,3-4H2. The van der Waals surface area contributed by atoms with Crippen LogP contribution in [0.5, 0.6) is 0 Å². The van der Waals surface area contributed by atoms with Gasteiger partial charge in [-0.05, 0) is 23.9 Å². The van der Waals surface area contributed by atoms with Gasteiger partial charge in [0.05, 0.1) is 21.9 Å². The molecule has 0 N–H and O–H groups in total. The first kappa shape index (κ1) is 17.4. The number of alkyl halides is 3. The molecule has 1 aliphatic rings. The van der Waals surface area contributed by atoms with Crippen LogP contribution in [0.15, 0.2) is 27.4 Å². The molecular weight excluding hydrogens is 385 g/mol. The quantitative estimate of drug-likeness (QED) is 0.446. The zero-order chi connectivity index (χ0) is 18.2. The van der Waals surface area contributed by atoms with E-state index >= 15 is 0 Å². The van der Waals surface area contributed by atoms with Crippen LogP contribution in [0.1, 0.15) is 5.56 Å². The van der Waals surface area contributed by atoms with Gasteiger partial charge in [0, 0.05) is 6.07 Å². The van der Waals surface area contributed by atoms with Crippen LogP contribution in [-0.2, 0) is 10.9 Å². The molecule has 0 unspecified atom stereocenters. The fourth-order valence-corrected chi connectivity index (χ4v) is 3.84. The largest absolute Gasteiger partial charge is 0.447 e. The number of amides is 1. The molecule has 2 aromatic rings.